The number of rotatable bonds is 6. The Hall–Kier alpha value is -0.910. The van der Waals surface area contributed by atoms with Crippen LogP contribution in [0, 0.1) is 0 Å². The summed E-state index contributed by atoms with van der Waals surface area (Å²) in [4.78, 5) is 10.6. The molecule has 1 amide bonds. The second-order valence-corrected chi connectivity index (χ2v) is 2.11. The normalized spacial score (nSPS) is 10.2. The zero-order valence-electron chi connectivity index (χ0n) is 7.39. The van der Waals surface area contributed by atoms with E-state index in [9.17, 15) is 13.6 Å². The summed E-state index contributed by atoms with van der Waals surface area (Å²) in [5.74, 6) is 0. The van der Waals surface area contributed by atoms with Gasteiger partial charge in [-0.25, -0.2) is 13.6 Å². The molecule has 0 unspecified atom stereocenters. The summed E-state index contributed by atoms with van der Waals surface area (Å²) in [6.45, 7) is 1.58. The van der Waals surface area contributed by atoms with Crippen LogP contribution in [0.2, 0.25) is 0 Å². The molecule has 78 valence electrons. The second kappa shape index (κ2) is 7.72. The van der Waals surface area contributed by atoms with Gasteiger partial charge in [0.25, 0.3) is 6.43 Å². The van der Waals surface area contributed by atoms with E-state index in [1.165, 1.54) is 0 Å². The van der Waals surface area contributed by atoms with Crippen molar-refractivity contribution >= 4 is 6.09 Å². The van der Waals surface area contributed by atoms with E-state index in [1.807, 2.05) is 0 Å². The van der Waals surface area contributed by atoms with Gasteiger partial charge in [-0.15, -0.1) is 0 Å². The van der Waals surface area contributed by atoms with Crippen molar-refractivity contribution in [3.05, 3.63) is 0 Å². The molecule has 1 N–H and O–H groups in total. The van der Waals surface area contributed by atoms with Crippen LogP contribution in [0.4, 0.5) is 13.6 Å². The molecule has 0 aromatic carbocycles. The van der Waals surface area contributed by atoms with Crippen molar-refractivity contribution < 1.29 is 23.0 Å². The third-order valence-electron chi connectivity index (χ3n) is 1.04. The van der Waals surface area contributed by atoms with Gasteiger partial charge < -0.3 is 14.8 Å². The number of carbonyl (C=O) groups excluding carboxylic acids is 1. The van der Waals surface area contributed by atoms with E-state index >= 15 is 0 Å². The van der Waals surface area contributed by atoms with E-state index in [-0.39, 0.29) is 19.8 Å². The first-order valence-corrected chi connectivity index (χ1v) is 3.93. The molecule has 0 atom stereocenters. The minimum Gasteiger partial charge on any atom is -0.450 e. The molecule has 0 fully saturated rings. The van der Waals surface area contributed by atoms with E-state index in [1.54, 1.807) is 6.92 Å². The number of hydrogen-bond acceptors (Lipinski definition) is 3. The molecule has 4 nitrogen and oxygen atoms in total. The Morgan fingerprint density at radius 1 is 1.54 bits per heavy atom. The number of carbonyl (C=O) groups is 1. The third-order valence-corrected chi connectivity index (χ3v) is 1.04. The van der Waals surface area contributed by atoms with Crippen LogP contribution in [0.15, 0.2) is 0 Å². The van der Waals surface area contributed by atoms with E-state index in [0.29, 0.717) is 0 Å². The highest BCUT2D eigenvalue weighted by atomic mass is 19.3. The molecule has 0 saturated carbocycles. The van der Waals surface area contributed by atoms with Crippen molar-refractivity contribution in [2.75, 3.05) is 26.4 Å². The monoisotopic (exact) mass is 197 g/mol. The lowest BCUT2D eigenvalue weighted by Gasteiger charge is -2.05. The highest BCUT2D eigenvalue weighted by molar-refractivity contribution is 5.66. The number of alkyl halides is 2. The molecule has 0 aliphatic rings. The Labute approximate surface area is 75.2 Å². The molecule has 0 aromatic rings. The number of amides is 1. The molecule has 0 radical (unpaired) electrons. The van der Waals surface area contributed by atoms with Crippen molar-refractivity contribution in [2.45, 2.75) is 13.3 Å². The maximum absolute atomic E-state index is 11.5. The summed E-state index contributed by atoms with van der Waals surface area (Å²) in [7, 11) is 0. The third kappa shape index (κ3) is 9.00. The fraction of sp³-hybridized carbons (Fsp3) is 0.857. The summed E-state index contributed by atoms with van der Waals surface area (Å²) >= 11 is 0. The molecule has 0 aromatic heterocycles. The molecule has 0 aliphatic carbocycles. The van der Waals surface area contributed by atoms with Gasteiger partial charge in [-0.3, -0.25) is 0 Å². The van der Waals surface area contributed by atoms with Gasteiger partial charge in [-0.05, 0) is 6.92 Å². The average Bonchev–Trinajstić information content (AvgIpc) is 2.03. The van der Waals surface area contributed by atoms with Crippen LogP contribution in [0.3, 0.4) is 0 Å². The Kier molecular flexibility index (Phi) is 7.18. The van der Waals surface area contributed by atoms with Gasteiger partial charge in [0, 0.05) is 6.54 Å². The molecule has 0 heterocycles. The first kappa shape index (κ1) is 12.1. The molecule has 0 saturated heterocycles. The van der Waals surface area contributed by atoms with Crippen LogP contribution in [0.1, 0.15) is 6.92 Å². The summed E-state index contributed by atoms with van der Waals surface area (Å²) in [5, 5.41) is 2.33. The van der Waals surface area contributed by atoms with Gasteiger partial charge in [0.15, 0.2) is 0 Å². The van der Waals surface area contributed by atoms with Crippen molar-refractivity contribution in [3.63, 3.8) is 0 Å². The van der Waals surface area contributed by atoms with Crippen LogP contribution in [-0.2, 0) is 9.47 Å². The van der Waals surface area contributed by atoms with E-state index < -0.39 is 19.1 Å². The summed E-state index contributed by atoms with van der Waals surface area (Å²) in [6.07, 6.45) is -3.04. The second-order valence-electron chi connectivity index (χ2n) is 2.11. The van der Waals surface area contributed by atoms with Gasteiger partial charge in [-0.1, -0.05) is 0 Å². The first-order chi connectivity index (χ1) is 6.16. The van der Waals surface area contributed by atoms with Crippen molar-refractivity contribution in [1.82, 2.24) is 5.32 Å². The molecular formula is C7H13F2NO3. The highest BCUT2D eigenvalue weighted by Crippen LogP contribution is 1.91. The fourth-order valence-corrected chi connectivity index (χ4v) is 0.580. The Morgan fingerprint density at radius 3 is 2.77 bits per heavy atom. The summed E-state index contributed by atoms with van der Waals surface area (Å²) in [6, 6.07) is 0. The van der Waals surface area contributed by atoms with Gasteiger partial charge in [-0.2, -0.15) is 0 Å². The Bertz CT molecular complexity index is 144. The lowest BCUT2D eigenvalue weighted by Crippen LogP contribution is -2.28. The summed E-state index contributed by atoms with van der Waals surface area (Å²) < 4.78 is 32.0. The minimum atomic E-state index is -2.47. The summed E-state index contributed by atoms with van der Waals surface area (Å²) in [5.41, 5.74) is 0. The zero-order chi connectivity index (χ0) is 10.1. The van der Waals surface area contributed by atoms with E-state index in [2.05, 4.69) is 14.8 Å². The quantitative estimate of drug-likeness (QED) is 0.646. The van der Waals surface area contributed by atoms with Crippen LogP contribution in [-0.4, -0.2) is 38.9 Å². The van der Waals surface area contributed by atoms with Crippen LogP contribution in [0.25, 0.3) is 0 Å². The van der Waals surface area contributed by atoms with Crippen LogP contribution in [0.5, 0.6) is 0 Å². The number of alkyl carbamates (subject to hydrolysis) is 1. The average molecular weight is 197 g/mol. The lowest BCUT2D eigenvalue weighted by atomic mass is 10.6. The predicted molar refractivity (Wildman–Crippen MR) is 41.8 cm³/mol. The van der Waals surface area contributed by atoms with Crippen LogP contribution >= 0.6 is 0 Å². The number of ether oxygens (including phenoxy) is 2. The van der Waals surface area contributed by atoms with Gasteiger partial charge in [0.05, 0.1) is 13.2 Å². The predicted octanol–water partition coefficient (Wildman–Crippen LogP) is 1.01. The minimum absolute atomic E-state index is 0.0587. The van der Waals surface area contributed by atoms with Crippen molar-refractivity contribution in [3.8, 4) is 0 Å². The largest absolute Gasteiger partial charge is 0.450 e. The number of hydrogen-bond donors (Lipinski definition) is 1. The first-order valence-electron chi connectivity index (χ1n) is 3.93. The highest BCUT2D eigenvalue weighted by Gasteiger charge is 2.02. The van der Waals surface area contributed by atoms with Gasteiger partial charge in [0.2, 0.25) is 0 Å². The van der Waals surface area contributed by atoms with E-state index in [4.69, 9.17) is 0 Å². The fourth-order valence-electron chi connectivity index (χ4n) is 0.580. The molecule has 13 heavy (non-hydrogen) atoms. The maximum atomic E-state index is 11.5. The Morgan fingerprint density at radius 2 is 2.23 bits per heavy atom. The molecule has 0 rings (SSSR count). The van der Waals surface area contributed by atoms with E-state index in [0.717, 1.165) is 0 Å². The van der Waals surface area contributed by atoms with Crippen molar-refractivity contribution in [1.29, 1.82) is 0 Å². The smallest absolute Gasteiger partial charge is 0.407 e. The number of halogens is 2. The maximum Gasteiger partial charge on any atom is 0.407 e. The molecule has 0 aliphatic heterocycles. The van der Waals surface area contributed by atoms with Gasteiger partial charge in [0.1, 0.15) is 6.61 Å². The standard InChI is InChI=1S/C7H13F2NO3/c1-2-13-7(11)10-3-4-12-5-6(8)9/h6H,2-5H2,1H3,(H,10,11). The van der Waals surface area contributed by atoms with Crippen molar-refractivity contribution in [2.24, 2.45) is 0 Å². The lowest BCUT2D eigenvalue weighted by molar-refractivity contribution is 0.0187. The Balaban J connectivity index is 3.11. The van der Waals surface area contributed by atoms with Crippen LogP contribution < -0.4 is 5.32 Å². The topological polar surface area (TPSA) is 47.6 Å². The molecule has 6 heteroatoms. The van der Waals surface area contributed by atoms with Gasteiger partial charge >= 0.3 is 6.09 Å². The number of nitrogens with one attached hydrogen (secondary N) is 1. The zero-order valence-corrected chi connectivity index (χ0v) is 7.39. The molecule has 0 spiro atoms. The molecular weight excluding hydrogens is 184 g/mol. The molecule has 0 bridgehead atoms. The SMILES string of the molecule is CCOC(=O)NCCOCC(F)F.